The summed E-state index contributed by atoms with van der Waals surface area (Å²) >= 11 is 0. The third kappa shape index (κ3) is 3.42. The summed E-state index contributed by atoms with van der Waals surface area (Å²) in [7, 11) is 3.11. The van der Waals surface area contributed by atoms with Crippen LogP contribution in [0.1, 0.15) is 41.1 Å². The maximum Gasteiger partial charge on any atom is 0.274 e. The highest BCUT2D eigenvalue weighted by molar-refractivity contribution is 5.94. The molecule has 21 heavy (non-hydrogen) atoms. The van der Waals surface area contributed by atoms with Gasteiger partial charge in [0.2, 0.25) is 0 Å². The zero-order chi connectivity index (χ0) is 15.4. The molecule has 0 aliphatic heterocycles. The fourth-order valence-electron chi connectivity index (χ4n) is 2.68. The van der Waals surface area contributed by atoms with E-state index in [-0.39, 0.29) is 30.4 Å². The summed E-state index contributed by atoms with van der Waals surface area (Å²) in [6, 6.07) is -0.344. The lowest BCUT2D eigenvalue weighted by Gasteiger charge is -2.34. The van der Waals surface area contributed by atoms with E-state index in [1.54, 1.807) is 21.1 Å². The highest BCUT2D eigenvalue weighted by Crippen LogP contribution is 2.22. The van der Waals surface area contributed by atoms with Crippen molar-refractivity contribution in [2.75, 3.05) is 14.2 Å². The molecule has 0 spiro atoms. The van der Waals surface area contributed by atoms with Crippen molar-refractivity contribution in [1.29, 1.82) is 0 Å². The molecule has 0 bridgehead atoms. The number of hydrogen-bond acceptors (Lipinski definition) is 6. The maximum absolute atomic E-state index is 12.3. The summed E-state index contributed by atoms with van der Waals surface area (Å²) in [5, 5.41) is 16.8. The van der Waals surface area contributed by atoms with Crippen LogP contribution in [0.25, 0.3) is 0 Å². The van der Waals surface area contributed by atoms with Crippen LogP contribution in [-0.4, -0.2) is 48.6 Å². The van der Waals surface area contributed by atoms with E-state index in [0.29, 0.717) is 17.7 Å². The summed E-state index contributed by atoms with van der Waals surface area (Å²) in [6.07, 6.45) is 1.43. The number of rotatable bonds is 5. The van der Waals surface area contributed by atoms with Crippen LogP contribution in [-0.2, 0) is 16.1 Å². The first-order valence-electron chi connectivity index (χ1n) is 7.04. The van der Waals surface area contributed by atoms with Gasteiger partial charge in [0, 0.05) is 14.2 Å². The van der Waals surface area contributed by atoms with Crippen molar-refractivity contribution >= 4 is 5.91 Å². The Hall–Kier alpha value is -1.44. The van der Waals surface area contributed by atoms with E-state index in [9.17, 15) is 9.90 Å². The average molecular weight is 298 g/mol. The normalized spacial score (nSPS) is 25.8. The smallest absolute Gasteiger partial charge is 0.274 e. The Morgan fingerprint density at radius 1 is 1.48 bits per heavy atom. The van der Waals surface area contributed by atoms with Gasteiger partial charge in [0.25, 0.3) is 5.91 Å². The molecule has 7 heteroatoms. The van der Waals surface area contributed by atoms with Crippen molar-refractivity contribution in [1.82, 2.24) is 10.5 Å². The Morgan fingerprint density at radius 2 is 2.24 bits per heavy atom. The van der Waals surface area contributed by atoms with Crippen LogP contribution >= 0.6 is 0 Å². The highest BCUT2D eigenvalue weighted by Gasteiger charge is 2.34. The first-order chi connectivity index (χ1) is 10.1. The third-order valence-electron chi connectivity index (χ3n) is 3.90. The number of carbonyl (C=O) groups is 1. The van der Waals surface area contributed by atoms with E-state index in [2.05, 4.69) is 10.5 Å². The molecule has 1 amide bonds. The summed E-state index contributed by atoms with van der Waals surface area (Å²) in [5.74, 6) is 0.195. The molecule has 1 heterocycles. The van der Waals surface area contributed by atoms with Gasteiger partial charge in [-0.15, -0.1) is 0 Å². The minimum atomic E-state index is -0.716. The van der Waals surface area contributed by atoms with Gasteiger partial charge in [-0.2, -0.15) is 0 Å². The second kappa shape index (κ2) is 7.02. The SMILES string of the molecule is COCc1c(C(=O)N[C@@H]2CCC[C@@H](OC)[C@@H]2O)noc1C. The van der Waals surface area contributed by atoms with Gasteiger partial charge in [-0.1, -0.05) is 5.16 Å². The fraction of sp³-hybridized carbons (Fsp3) is 0.714. The third-order valence-corrected chi connectivity index (χ3v) is 3.90. The van der Waals surface area contributed by atoms with Crippen LogP contribution in [0.5, 0.6) is 0 Å². The lowest BCUT2D eigenvalue weighted by molar-refractivity contribution is -0.0513. The molecule has 2 N–H and O–H groups in total. The molecule has 1 aromatic rings. The van der Waals surface area contributed by atoms with Crippen LogP contribution in [0.2, 0.25) is 0 Å². The number of aryl methyl sites for hydroxylation is 1. The van der Waals surface area contributed by atoms with Crippen LogP contribution in [0.4, 0.5) is 0 Å². The van der Waals surface area contributed by atoms with E-state index in [1.165, 1.54) is 0 Å². The predicted molar refractivity (Wildman–Crippen MR) is 73.9 cm³/mol. The molecule has 2 rings (SSSR count). The fourth-order valence-corrected chi connectivity index (χ4v) is 2.68. The summed E-state index contributed by atoms with van der Waals surface area (Å²) in [5.41, 5.74) is 0.838. The Balaban J connectivity index is 2.07. The van der Waals surface area contributed by atoms with E-state index in [0.717, 1.165) is 12.8 Å². The van der Waals surface area contributed by atoms with E-state index in [4.69, 9.17) is 14.0 Å². The van der Waals surface area contributed by atoms with Crippen LogP contribution in [0.15, 0.2) is 4.52 Å². The molecule has 0 saturated heterocycles. The van der Waals surface area contributed by atoms with Gasteiger partial charge in [0.05, 0.1) is 24.3 Å². The van der Waals surface area contributed by atoms with Gasteiger partial charge < -0.3 is 24.4 Å². The quantitative estimate of drug-likeness (QED) is 0.834. The molecular formula is C14H22N2O5. The predicted octanol–water partition coefficient (Wildman–Crippen LogP) is 0.788. The molecule has 1 aromatic heterocycles. The van der Waals surface area contributed by atoms with Crippen LogP contribution in [0.3, 0.4) is 0 Å². The molecule has 1 fully saturated rings. The van der Waals surface area contributed by atoms with Gasteiger partial charge in [-0.05, 0) is 26.2 Å². The summed E-state index contributed by atoms with van der Waals surface area (Å²) in [4.78, 5) is 12.3. The summed E-state index contributed by atoms with van der Waals surface area (Å²) in [6.45, 7) is 1.99. The van der Waals surface area contributed by atoms with E-state index in [1.807, 2.05) is 0 Å². The number of aromatic nitrogens is 1. The molecule has 0 aromatic carbocycles. The molecule has 1 aliphatic rings. The topological polar surface area (TPSA) is 93.8 Å². The maximum atomic E-state index is 12.3. The lowest BCUT2D eigenvalue weighted by atomic mass is 9.90. The van der Waals surface area contributed by atoms with E-state index < -0.39 is 6.10 Å². The Labute approximate surface area is 123 Å². The lowest BCUT2D eigenvalue weighted by Crippen LogP contribution is -2.51. The van der Waals surface area contributed by atoms with Crippen LogP contribution in [0, 0.1) is 6.92 Å². The Kier molecular flexibility index (Phi) is 5.33. The van der Waals surface area contributed by atoms with Gasteiger partial charge in [0.15, 0.2) is 5.69 Å². The average Bonchev–Trinajstić information content (AvgIpc) is 2.83. The Bertz CT molecular complexity index is 488. The van der Waals surface area contributed by atoms with Crippen LogP contribution < -0.4 is 5.32 Å². The second-order valence-corrected chi connectivity index (χ2v) is 5.27. The number of methoxy groups -OCH3 is 2. The van der Waals surface area contributed by atoms with Gasteiger partial charge in [-0.3, -0.25) is 4.79 Å². The monoisotopic (exact) mass is 298 g/mol. The first kappa shape index (κ1) is 15.9. The molecule has 0 radical (unpaired) electrons. The molecule has 3 atom stereocenters. The number of amides is 1. The minimum Gasteiger partial charge on any atom is -0.388 e. The van der Waals surface area contributed by atoms with Gasteiger partial charge >= 0.3 is 0 Å². The number of aliphatic hydroxyl groups is 1. The number of carbonyl (C=O) groups excluding carboxylic acids is 1. The van der Waals surface area contributed by atoms with Crippen molar-refractivity contribution in [3.8, 4) is 0 Å². The summed E-state index contributed by atoms with van der Waals surface area (Å²) < 4.78 is 15.3. The zero-order valence-electron chi connectivity index (χ0n) is 12.6. The molecule has 118 valence electrons. The van der Waals surface area contributed by atoms with Crippen molar-refractivity contribution in [3.63, 3.8) is 0 Å². The molecule has 7 nitrogen and oxygen atoms in total. The zero-order valence-corrected chi connectivity index (χ0v) is 12.6. The van der Waals surface area contributed by atoms with Gasteiger partial charge in [-0.25, -0.2) is 0 Å². The van der Waals surface area contributed by atoms with E-state index >= 15 is 0 Å². The second-order valence-electron chi connectivity index (χ2n) is 5.27. The van der Waals surface area contributed by atoms with Crippen molar-refractivity contribution in [3.05, 3.63) is 17.0 Å². The number of nitrogens with one attached hydrogen (secondary N) is 1. The molecule has 1 aliphatic carbocycles. The largest absolute Gasteiger partial charge is 0.388 e. The standard InChI is InChI=1S/C14H22N2O5/c1-8-9(7-19-2)12(16-21-8)14(18)15-10-5-4-6-11(20-3)13(10)17/h10-11,13,17H,4-7H2,1-3H3,(H,15,18)/t10-,11-,13-/m1/s1. The Morgan fingerprint density at radius 3 is 2.90 bits per heavy atom. The van der Waals surface area contributed by atoms with Crippen molar-refractivity contribution in [2.24, 2.45) is 0 Å². The number of aliphatic hydroxyl groups excluding tert-OH is 1. The first-order valence-corrected chi connectivity index (χ1v) is 7.04. The van der Waals surface area contributed by atoms with Crippen molar-refractivity contribution in [2.45, 2.75) is 51.0 Å². The number of hydrogen-bond donors (Lipinski definition) is 2. The molecule has 1 saturated carbocycles. The highest BCUT2D eigenvalue weighted by atomic mass is 16.5. The minimum absolute atomic E-state index is 0.209. The number of ether oxygens (including phenoxy) is 2. The molecule has 0 unspecified atom stereocenters. The van der Waals surface area contributed by atoms with Gasteiger partial charge in [0.1, 0.15) is 11.9 Å². The van der Waals surface area contributed by atoms with Crippen molar-refractivity contribution < 1.29 is 23.9 Å². The number of nitrogens with zero attached hydrogens (tertiary/aromatic N) is 1. The molecular weight excluding hydrogens is 276 g/mol.